The van der Waals surface area contributed by atoms with Crippen LogP contribution >= 0.6 is 11.8 Å². The average molecular weight is 473 g/mol. The van der Waals surface area contributed by atoms with E-state index in [1.165, 1.54) is 36.0 Å². The van der Waals surface area contributed by atoms with E-state index in [1.807, 2.05) is 35.8 Å². The van der Waals surface area contributed by atoms with Gasteiger partial charge in [-0.2, -0.15) is 0 Å². The number of halogens is 1. The third-order valence-corrected chi connectivity index (χ3v) is 5.87. The molecule has 0 saturated carbocycles. The molecule has 1 amide bonds. The number of aromatic nitrogens is 3. The Morgan fingerprint density at radius 2 is 1.67 bits per heavy atom. The van der Waals surface area contributed by atoms with Crippen LogP contribution in [0.25, 0.3) is 0 Å². The summed E-state index contributed by atoms with van der Waals surface area (Å²) >= 11 is 1.32. The fourth-order valence-electron chi connectivity index (χ4n) is 3.12. The number of nitrogens with one attached hydrogen (secondary N) is 1. The summed E-state index contributed by atoms with van der Waals surface area (Å²) in [6, 6.07) is 13.0. The number of rotatable bonds is 10. The van der Waals surface area contributed by atoms with Crippen LogP contribution in [0.5, 0.6) is 11.5 Å². The van der Waals surface area contributed by atoms with Crippen LogP contribution < -0.4 is 14.8 Å². The molecule has 2 unspecified atom stereocenters. The first-order valence-electron chi connectivity index (χ1n) is 10.7. The second kappa shape index (κ2) is 11.2. The third kappa shape index (κ3) is 6.71. The van der Waals surface area contributed by atoms with Gasteiger partial charge < -0.3 is 19.4 Å². The average Bonchev–Trinajstić information content (AvgIpc) is 3.17. The summed E-state index contributed by atoms with van der Waals surface area (Å²) in [6.07, 6.45) is -0.345. The highest BCUT2D eigenvalue weighted by Crippen LogP contribution is 2.29. The van der Waals surface area contributed by atoms with Crippen molar-refractivity contribution in [2.45, 2.75) is 50.8 Å². The number of ether oxygens (including phenoxy) is 2. The van der Waals surface area contributed by atoms with Gasteiger partial charge in [0.05, 0.1) is 12.4 Å². The van der Waals surface area contributed by atoms with Crippen molar-refractivity contribution in [2.75, 3.05) is 12.4 Å². The first kappa shape index (κ1) is 24.6. The number of thioether (sulfide) groups is 1. The van der Waals surface area contributed by atoms with Gasteiger partial charge in [-0.1, -0.05) is 25.6 Å². The first-order valence-corrected chi connectivity index (χ1v) is 11.6. The molecule has 7 nitrogen and oxygen atoms in total. The zero-order chi connectivity index (χ0) is 24.0. The van der Waals surface area contributed by atoms with E-state index in [9.17, 15) is 9.18 Å². The number of anilines is 1. The zero-order valence-electron chi connectivity index (χ0n) is 19.4. The summed E-state index contributed by atoms with van der Waals surface area (Å²) in [5.74, 6) is 1.93. The van der Waals surface area contributed by atoms with E-state index in [0.717, 1.165) is 5.75 Å². The lowest BCUT2D eigenvalue weighted by atomic mass is 10.2. The summed E-state index contributed by atoms with van der Waals surface area (Å²) in [7, 11) is 1.62. The number of hydrogen-bond donors (Lipinski definition) is 1. The van der Waals surface area contributed by atoms with E-state index in [2.05, 4.69) is 29.4 Å². The maximum Gasteiger partial charge on any atom is 0.237 e. The van der Waals surface area contributed by atoms with E-state index in [4.69, 9.17) is 9.47 Å². The molecule has 0 saturated heterocycles. The van der Waals surface area contributed by atoms with Gasteiger partial charge in [0.25, 0.3) is 0 Å². The summed E-state index contributed by atoms with van der Waals surface area (Å²) in [6.45, 7) is 8.63. The van der Waals surface area contributed by atoms with Gasteiger partial charge >= 0.3 is 0 Å². The van der Waals surface area contributed by atoms with E-state index in [1.54, 1.807) is 14.0 Å². The SMILES string of the molecule is COc1ccc(OC(C)c2nnc(SC(C)C(=O)Nc3ccc(F)cc3)n2CC(C)C)cc1. The Morgan fingerprint density at radius 3 is 2.27 bits per heavy atom. The minimum Gasteiger partial charge on any atom is -0.497 e. The van der Waals surface area contributed by atoms with E-state index in [-0.39, 0.29) is 17.8 Å². The van der Waals surface area contributed by atoms with Crippen LogP contribution in [0, 0.1) is 11.7 Å². The van der Waals surface area contributed by atoms with Crippen molar-refractivity contribution in [3.8, 4) is 11.5 Å². The Kier molecular flexibility index (Phi) is 8.32. The lowest BCUT2D eigenvalue weighted by Crippen LogP contribution is -2.23. The lowest BCUT2D eigenvalue weighted by Gasteiger charge is -2.19. The number of carbonyl (C=O) groups is 1. The molecule has 0 radical (unpaired) electrons. The number of amides is 1. The maximum atomic E-state index is 13.1. The van der Waals surface area contributed by atoms with Gasteiger partial charge in [-0.05, 0) is 68.3 Å². The van der Waals surface area contributed by atoms with Gasteiger partial charge in [0.1, 0.15) is 17.3 Å². The highest BCUT2D eigenvalue weighted by atomic mass is 32.2. The van der Waals surface area contributed by atoms with Gasteiger partial charge in [-0.15, -0.1) is 10.2 Å². The summed E-state index contributed by atoms with van der Waals surface area (Å²) in [4.78, 5) is 12.7. The van der Waals surface area contributed by atoms with Crippen molar-refractivity contribution in [3.05, 3.63) is 60.2 Å². The predicted molar refractivity (Wildman–Crippen MR) is 127 cm³/mol. The molecule has 3 aromatic rings. The molecule has 0 spiro atoms. The minimum absolute atomic E-state index is 0.199. The van der Waals surface area contributed by atoms with E-state index >= 15 is 0 Å². The number of hydrogen-bond acceptors (Lipinski definition) is 6. The van der Waals surface area contributed by atoms with Crippen LogP contribution in [0.1, 0.15) is 39.6 Å². The molecule has 3 rings (SSSR count). The highest BCUT2D eigenvalue weighted by Gasteiger charge is 2.24. The Labute approximate surface area is 197 Å². The van der Waals surface area contributed by atoms with Crippen molar-refractivity contribution in [2.24, 2.45) is 5.92 Å². The van der Waals surface area contributed by atoms with Crippen LogP contribution in [0.4, 0.5) is 10.1 Å². The molecule has 1 heterocycles. The molecule has 0 aliphatic heterocycles. The van der Waals surface area contributed by atoms with Crippen molar-refractivity contribution < 1.29 is 18.7 Å². The van der Waals surface area contributed by atoms with Crippen LogP contribution in [0.3, 0.4) is 0 Å². The molecule has 0 bridgehead atoms. The standard InChI is InChI=1S/C24H29FN4O3S/c1-15(2)14-29-22(16(3)32-21-12-10-20(31-5)11-13-21)27-28-24(29)33-17(4)23(30)26-19-8-6-18(25)7-9-19/h6-13,15-17H,14H2,1-5H3,(H,26,30). The minimum atomic E-state index is -0.434. The zero-order valence-corrected chi connectivity index (χ0v) is 20.2. The van der Waals surface area contributed by atoms with Gasteiger partial charge in [0, 0.05) is 12.2 Å². The molecule has 2 atom stereocenters. The molecular weight excluding hydrogens is 443 g/mol. The Morgan fingerprint density at radius 1 is 1.03 bits per heavy atom. The normalized spacial score (nSPS) is 12.9. The molecule has 1 aromatic heterocycles. The molecule has 2 aromatic carbocycles. The molecule has 1 N–H and O–H groups in total. The maximum absolute atomic E-state index is 13.1. The fourth-order valence-corrected chi connectivity index (χ4v) is 3.99. The monoisotopic (exact) mass is 472 g/mol. The van der Waals surface area contributed by atoms with Crippen molar-refractivity contribution in [3.63, 3.8) is 0 Å². The van der Waals surface area contributed by atoms with E-state index in [0.29, 0.717) is 34.9 Å². The van der Waals surface area contributed by atoms with Crippen LogP contribution in [-0.4, -0.2) is 33.0 Å². The first-order chi connectivity index (χ1) is 15.8. The quantitative estimate of drug-likeness (QED) is 0.401. The Hall–Kier alpha value is -3.07. The molecule has 0 aliphatic rings. The molecule has 9 heteroatoms. The third-order valence-electron chi connectivity index (χ3n) is 4.79. The smallest absolute Gasteiger partial charge is 0.237 e. The topological polar surface area (TPSA) is 78.3 Å². The Bertz CT molecular complexity index is 1050. The van der Waals surface area contributed by atoms with Crippen LogP contribution in [0.15, 0.2) is 53.7 Å². The van der Waals surface area contributed by atoms with Gasteiger partial charge in [-0.25, -0.2) is 4.39 Å². The molecule has 176 valence electrons. The largest absolute Gasteiger partial charge is 0.497 e. The predicted octanol–water partition coefficient (Wildman–Crippen LogP) is 5.34. The van der Waals surface area contributed by atoms with Gasteiger partial charge in [0.15, 0.2) is 17.1 Å². The molecule has 0 fully saturated rings. The number of benzene rings is 2. The second-order valence-corrected chi connectivity index (χ2v) is 9.35. The lowest BCUT2D eigenvalue weighted by molar-refractivity contribution is -0.115. The second-order valence-electron chi connectivity index (χ2n) is 8.04. The summed E-state index contributed by atoms with van der Waals surface area (Å²) < 4.78 is 26.4. The highest BCUT2D eigenvalue weighted by molar-refractivity contribution is 8.00. The summed E-state index contributed by atoms with van der Waals surface area (Å²) in [5.41, 5.74) is 0.541. The fraction of sp³-hybridized carbons (Fsp3) is 0.375. The molecular formula is C24H29FN4O3S. The van der Waals surface area contributed by atoms with Crippen molar-refractivity contribution in [1.82, 2.24) is 14.8 Å². The number of methoxy groups -OCH3 is 1. The van der Waals surface area contributed by atoms with E-state index < -0.39 is 5.25 Å². The molecule has 33 heavy (non-hydrogen) atoms. The van der Waals surface area contributed by atoms with Crippen LogP contribution in [0.2, 0.25) is 0 Å². The van der Waals surface area contributed by atoms with Crippen molar-refractivity contribution in [1.29, 1.82) is 0 Å². The van der Waals surface area contributed by atoms with Crippen molar-refractivity contribution >= 4 is 23.4 Å². The van der Waals surface area contributed by atoms with Gasteiger partial charge in [-0.3, -0.25) is 4.79 Å². The number of nitrogens with zero attached hydrogens (tertiary/aromatic N) is 3. The summed E-state index contributed by atoms with van der Waals surface area (Å²) in [5, 5.41) is 11.7. The van der Waals surface area contributed by atoms with Gasteiger partial charge in [0.2, 0.25) is 5.91 Å². The number of carbonyl (C=O) groups excluding carboxylic acids is 1. The Balaban J connectivity index is 1.73. The molecule has 0 aliphatic carbocycles. The van der Waals surface area contributed by atoms with Crippen LogP contribution in [-0.2, 0) is 11.3 Å².